The lowest BCUT2D eigenvalue weighted by Gasteiger charge is -2.52. The first-order valence-electron chi connectivity index (χ1n) is 12.1. The van der Waals surface area contributed by atoms with Crippen molar-refractivity contribution in [3.05, 3.63) is 0 Å². The van der Waals surface area contributed by atoms with Crippen LogP contribution in [0.2, 0.25) is 0 Å². The summed E-state index contributed by atoms with van der Waals surface area (Å²) in [4.78, 5) is 0. The van der Waals surface area contributed by atoms with Crippen LogP contribution in [-0.4, -0.2) is 0 Å². The normalized spacial score (nSPS) is 39.7. The van der Waals surface area contributed by atoms with Gasteiger partial charge in [0.05, 0.1) is 11.5 Å². The molecule has 0 N–H and O–H groups in total. The molecule has 0 aromatic heterocycles. The van der Waals surface area contributed by atoms with E-state index in [0.717, 1.165) is 29.6 Å². The second-order valence-electron chi connectivity index (χ2n) is 10.2. The van der Waals surface area contributed by atoms with Crippen LogP contribution < -0.4 is 0 Å². The highest BCUT2D eigenvalue weighted by atomic mass is 14.5. The van der Waals surface area contributed by atoms with Crippen LogP contribution in [0.5, 0.6) is 0 Å². The van der Waals surface area contributed by atoms with Crippen molar-refractivity contribution in [2.45, 2.75) is 117 Å². The number of fused-ring (bicyclic) bond motifs is 3. The molecular formula is C25H43N. The average molecular weight is 358 g/mol. The van der Waals surface area contributed by atoms with E-state index in [4.69, 9.17) is 0 Å². The standard InChI is InChI=1S/C25H43N/c1-3-5-7-8-15-25(19-26)16-14-24-22(18-25)12-11-21-17-20(9-6-4-2)10-13-23(21)24/h20-24H,3-18H2,1-2H3/t20-,21?,22?,23?,24?,25+/m1/s1. The number of nitrogens with zero attached hydrogens (tertiary/aromatic N) is 1. The zero-order chi connectivity index (χ0) is 18.4. The zero-order valence-corrected chi connectivity index (χ0v) is 17.6. The Morgan fingerprint density at radius 2 is 1.62 bits per heavy atom. The van der Waals surface area contributed by atoms with Crippen LogP contribution in [-0.2, 0) is 0 Å². The zero-order valence-electron chi connectivity index (χ0n) is 17.6. The van der Waals surface area contributed by atoms with Gasteiger partial charge in [-0.2, -0.15) is 5.26 Å². The first-order chi connectivity index (χ1) is 12.7. The van der Waals surface area contributed by atoms with Crippen LogP contribution in [0.1, 0.15) is 117 Å². The lowest BCUT2D eigenvalue weighted by molar-refractivity contribution is -0.0181. The summed E-state index contributed by atoms with van der Waals surface area (Å²) >= 11 is 0. The summed E-state index contributed by atoms with van der Waals surface area (Å²) in [5.41, 5.74) is 0.0417. The molecule has 3 aliphatic carbocycles. The van der Waals surface area contributed by atoms with Crippen molar-refractivity contribution in [1.29, 1.82) is 5.26 Å². The number of nitriles is 1. The summed E-state index contributed by atoms with van der Waals surface area (Å²) in [5, 5.41) is 9.99. The van der Waals surface area contributed by atoms with E-state index >= 15 is 0 Å². The van der Waals surface area contributed by atoms with E-state index in [9.17, 15) is 5.26 Å². The van der Waals surface area contributed by atoms with Crippen molar-refractivity contribution in [3.63, 3.8) is 0 Å². The molecule has 0 radical (unpaired) electrons. The van der Waals surface area contributed by atoms with E-state index in [2.05, 4.69) is 19.9 Å². The summed E-state index contributed by atoms with van der Waals surface area (Å²) in [6.07, 6.45) is 22.0. The van der Waals surface area contributed by atoms with Gasteiger partial charge in [0.25, 0.3) is 0 Å². The molecule has 4 unspecified atom stereocenters. The van der Waals surface area contributed by atoms with Crippen LogP contribution >= 0.6 is 0 Å². The highest BCUT2D eigenvalue weighted by molar-refractivity contribution is 5.06. The third-order valence-corrected chi connectivity index (χ3v) is 8.53. The van der Waals surface area contributed by atoms with Gasteiger partial charge in [0.15, 0.2) is 0 Å². The van der Waals surface area contributed by atoms with Crippen LogP contribution in [0.4, 0.5) is 0 Å². The monoisotopic (exact) mass is 357 g/mol. The summed E-state index contributed by atoms with van der Waals surface area (Å²) in [6.45, 7) is 4.61. The molecule has 0 heterocycles. The molecule has 26 heavy (non-hydrogen) atoms. The van der Waals surface area contributed by atoms with Crippen LogP contribution in [0.3, 0.4) is 0 Å². The minimum atomic E-state index is 0.0417. The second-order valence-corrected chi connectivity index (χ2v) is 10.2. The van der Waals surface area contributed by atoms with Gasteiger partial charge in [-0.3, -0.25) is 0 Å². The molecule has 148 valence electrons. The Labute approximate surface area is 163 Å². The molecule has 0 amide bonds. The van der Waals surface area contributed by atoms with Crippen LogP contribution in [0.15, 0.2) is 0 Å². The number of hydrogen-bond donors (Lipinski definition) is 0. The summed E-state index contributed by atoms with van der Waals surface area (Å²) < 4.78 is 0. The van der Waals surface area contributed by atoms with Gasteiger partial charge < -0.3 is 0 Å². The maximum Gasteiger partial charge on any atom is 0.0689 e. The minimum Gasteiger partial charge on any atom is -0.198 e. The minimum absolute atomic E-state index is 0.0417. The van der Waals surface area contributed by atoms with Crippen molar-refractivity contribution in [1.82, 2.24) is 0 Å². The molecule has 3 rings (SSSR count). The number of hydrogen-bond acceptors (Lipinski definition) is 1. The quantitative estimate of drug-likeness (QED) is 0.405. The van der Waals surface area contributed by atoms with Gasteiger partial charge in [0.2, 0.25) is 0 Å². The van der Waals surface area contributed by atoms with Crippen molar-refractivity contribution < 1.29 is 0 Å². The predicted molar refractivity (Wildman–Crippen MR) is 111 cm³/mol. The molecule has 0 spiro atoms. The molecule has 3 saturated carbocycles. The molecule has 6 atom stereocenters. The molecule has 0 aromatic rings. The topological polar surface area (TPSA) is 23.8 Å². The molecule has 0 aromatic carbocycles. The smallest absolute Gasteiger partial charge is 0.0689 e. The Morgan fingerprint density at radius 3 is 2.38 bits per heavy atom. The highest BCUT2D eigenvalue weighted by Gasteiger charge is 2.48. The predicted octanol–water partition coefficient (Wildman–Crippen LogP) is 7.90. The number of rotatable bonds is 8. The van der Waals surface area contributed by atoms with Crippen LogP contribution in [0.25, 0.3) is 0 Å². The Balaban J connectivity index is 1.54. The van der Waals surface area contributed by atoms with Gasteiger partial charge >= 0.3 is 0 Å². The van der Waals surface area contributed by atoms with Gasteiger partial charge in [-0.1, -0.05) is 65.2 Å². The first-order valence-corrected chi connectivity index (χ1v) is 12.1. The van der Waals surface area contributed by atoms with Gasteiger partial charge in [0.1, 0.15) is 0 Å². The first kappa shape index (κ1) is 20.2. The molecule has 0 aliphatic heterocycles. The summed E-state index contributed by atoms with van der Waals surface area (Å²) in [6, 6.07) is 2.83. The lowest BCUT2D eigenvalue weighted by Crippen LogP contribution is -2.44. The molecular weight excluding hydrogens is 314 g/mol. The van der Waals surface area contributed by atoms with Gasteiger partial charge in [-0.25, -0.2) is 0 Å². The van der Waals surface area contributed by atoms with E-state index in [-0.39, 0.29) is 5.41 Å². The van der Waals surface area contributed by atoms with E-state index in [1.807, 2.05) is 0 Å². The molecule has 1 nitrogen and oxygen atoms in total. The fourth-order valence-electron chi connectivity index (χ4n) is 7.05. The van der Waals surface area contributed by atoms with E-state index in [0.29, 0.717) is 0 Å². The average Bonchev–Trinajstić information content (AvgIpc) is 2.69. The summed E-state index contributed by atoms with van der Waals surface area (Å²) in [7, 11) is 0. The largest absolute Gasteiger partial charge is 0.198 e. The van der Waals surface area contributed by atoms with Crippen molar-refractivity contribution >= 4 is 0 Å². The molecule has 0 saturated heterocycles. The van der Waals surface area contributed by atoms with Gasteiger partial charge in [-0.15, -0.1) is 0 Å². The summed E-state index contributed by atoms with van der Waals surface area (Å²) in [5.74, 6) is 4.93. The fourth-order valence-corrected chi connectivity index (χ4v) is 7.05. The lowest BCUT2D eigenvalue weighted by atomic mass is 9.52. The van der Waals surface area contributed by atoms with Crippen LogP contribution in [0, 0.1) is 46.3 Å². The maximum absolute atomic E-state index is 9.99. The maximum atomic E-state index is 9.99. The Morgan fingerprint density at radius 1 is 0.846 bits per heavy atom. The Kier molecular flexibility index (Phi) is 7.48. The fraction of sp³-hybridized carbons (Fsp3) is 0.960. The SMILES string of the molecule is CCCCCC[C@]1(C#N)CCC2C(CCC3C[C@H](CCCC)CCC32)C1. The van der Waals surface area contributed by atoms with Crippen molar-refractivity contribution in [3.8, 4) is 6.07 Å². The highest BCUT2D eigenvalue weighted by Crippen LogP contribution is 2.57. The third kappa shape index (κ3) is 4.66. The Bertz CT molecular complexity index is 463. The molecule has 1 heteroatoms. The van der Waals surface area contributed by atoms with Gasteiger partial charge in [0, 0.05) is 0 Å². The molecule has 0 bridgehead atoms. The molecule has 3 aliphatic rings. The van der Waals surface area contributed by atoms with E-state index < -0.39 is 0 Å². The van der Waals surface area contributed by atoms with E-state index in [1.54, 1.807) is 0 Å². The van der Waals surface area contributed by atoms with Crippen molar-refractivity contribution in [2.24, 2.45) is 35.0 Å². The molecule has 3 fully saturated rings. The second kappa shape index (κ2) is 9.61. The van der Waals surface area contributed by atoms with Crippen molar-refractivity contribution in [2.75, 3.05) is 0 Å². The number of unbranched alkanes of at least 4 members (excludes halogenated alkanes) is 4. The van der Waals surface area contributed by atoms with E-state index in [1.165, 1.54) is 103 Å². The third-order valence-electron chi connectivity index (χ3n) is 8.53. The Hall–Kier alpha value is -0.510. The van der Waals surface area contributed by atoms with Gasteiger partial charge in [-0.05, 0) is 81.0 Å².